The molecule has 0 bridgehead atoms. The monoisotopic (exact) mass is 216 g/mol. The summed E-state index contributed by atoms with van der Waals surface area (Å²) in [6.07, 6.45) is 2.95. The van der Waals surface area contributed by atoms with Crippen LogP contribution in [-0.2, 0) is 9.47 Å². The molecule has 4 nitrogen and oxygen atoms in total. The van der Waals surface area contributed by atoms with E-state index in [0.717, 1.165) is 26.2 Å². The number of ether oxygens (including phenoxy) is 2. The van der Waals surface area contributed by atoms with E-state index in [9.17, 15) is 0 Å². The first-order valence-corrected chi connectivity index (χ1v) is 5.87. The average molecular weight is 216 g/mol. The van der Waals surface area contributed by atoms with Crippen molar-refractivity contribution < 1.29 is 9.47 Å². The smallest absolute Gasteiger partial charge is 0.0823 e. The predicted molar refractivity (Wildman–Crippen MR) is 60.9 cm³/mol. The molecule has 1 aliphatic heterocycles. The average Bonchev–Trinajstić information content (AvgIpc) is 2.29. The standard InChI is InChI=1S/C11H24N2O2/c1-3-15-11(7-12)9-13-6-4-5-10(8-13)14-2/h10-11H,3-9,12H2,1-2H3. The SMILES string of the molecule is CCOC(CN)CN1CCCC(OC)C1. The molecule has 0 amide bonds. The third-order valence-corrected chi connectivity index (χ3v) is 2.92. The molecule has 1 aliphatic rings. The first-order chi connectivity index (χ1) is 7.30. The van der Waals surface area contributed by atoms with E-state index in [1.54, 1.807) is 7.11 Å². The molecule has 90 valence electrons. The Bertz CT molecular complexity index is 167. The van der Waals surface area contributed by atoms with Gasteiger partial charge in [-0.1, -0.05) is 0 Å². The zero-order valence-electron chi connectivity index (χ0n) is 9.95. The van der Waals surface area contributed by atoms with E-state index in [1.807, 2.05) is 6.92 Å². The van der Waals surface area contributed by atoms with Crippen LogP contribution >= 0.6 is 0 Å². The summed E-state index contributed by atoms with van der Waals surface area (Å²) in [6, 6.07) is 0. The van der Waals surface area contributed by atoms with E-state index >= 15 is 0 Å². The Balaban J connectivity index is 2.29. The number of hydrogen-bond donors (Lipinski definition) is 1. The highest BCUT2D eigenvalue weighted by molar-refractivity contribution is 4.76. The molecule has 1 fully saturated rings. The minimum absolute atomic E-state index is 0.172. The highest BCUT2D eigenvalue weighted by atomic mass is 16.5. The van der Waals surface area contributed by atoms with Gasteiger partial charge in [0, 0.05) is 33.4 Å². The molecule has 0 radical (unpaired) electrons. The maximum atomic E-state index is 5.66. The molecule has 2 N–H and O–H groups in total. The van der Waals surface area contributed by atoms with Crippen LogP contribution in [0.5, 0.6) is 0 Å². The molecular weight excluding hydrogens is 192 g/mol. The van der Waals surface area contributed by atoms with Crippen LogP contribution in [0.15, 0.2) is 0 Å². The Kier molecular flexibility index (Phi) is 6.17. The summed E-state index contributed by atoms with van der Waals surface area (Å²) in [5.41, 5.74) is 5.66. The molecule has 0 aromatic rings. The van der Waals surface area contributed by atoms with E-state index < -0.39 is 0 Å². The first-order valence-electron chi connectivity index (χ1n) is 5.87. The maximum absolute atomic E-state index is 5.66. The quantitative estimate of drug-likeness (QED) is 0.701. The van der Waals surface area contributed by atoms with Crippen LogP contribution in [0.3, 0.4) is 0 Å². The zero-order valence-corrected chi connectivity index (χ0v) is 9.95. The summed E-state index contributed by atoms with van der Waals surface area (Å²) in [5, 5.41) is 0. The highest BCUT2D eigenvalue weighted by Gasteiger charge is 2.21. The number of nitrogens with zero attached hydrogens (tertiary/aromatic N) is 1. The first kappa shape index (κ1) is 12.9. The number of likely N-dealkylation sites (tertiary alicyclic amines) is 1. The number of nitrogens with two attached hydrogens (primary N) is 1. The number of methoxy groups -OCH3 is 1. The molecule has 0 saturated carbocycles. The van der Waals surface area contributed by atoms with Crippen molar-refractivity contribution in [2.75, 3.05) is 39.9 Å². The van der Waals surface area contributed by atoms with Crippen LogP contribution in [0.4, 0.5) is 0 Å². The fourth-order valence-corrected chi connectivity index (χ4v) is 2.09. The van der Waals surface area contributed by atoms with Crippen molar-refractivity contribution >= 4 is 0 Å². The molecule has 4 heteroatoms. The maximum Gasteiger partial charge on any atom is 0.0823 e. The van der Waals surface area contributed by atoms with Gasteiger partial charge in [-0.2, -0.15) is 0 Å². The lowest BCUT2D eigenvalue weighted by molar-refractivity contribution is -0.00479. The molecule has 0 aliphatic carbocycles. The second kappa shape index (κ2) is 7.17. The van der Waals surface area contributed by atoms with Crippen LogP contribution < -0.4 is 5.73 Å². The number of rotatable bonds is 6. The molecule has 2 unspecified atom stereocenters. The lowest BCUT2D eigenvalue weighted by Gasteiger charge is -2.33. The summed E-state index contributed by atoms with van der Waals surface area (Å²) in [6.45, 7) is 6.44. The van der Waals surface area contributed by atoms with Gasteiger partial charge in [0.25, 0.3) is 0 Å². The Morgan fingerprint density at radius 1 is 1.53 bits per heavy atom. The van der Waals surface area contributed by atoms with Gasteiger partial charge < -0.3 is 15.2 Å². The third-order valence-electron chi connectivity index (χ3n) is 2.92. The predicted octanol–water partition coefficient (Wildman–Crippen LogP) is 0.461. The van der Waals surface area contributed by atoms with Crippen LogP contribution in [0.2, 0.25) is 0 Å². The fraction of sp³-hybridized carbons (Fsp3) is 1.00. The van der Waals surface area contributed by atoms with Crippen molar-refractivity contribution in [2.24, 2.45) is 5.73 Å². The van der Waals surface area contributed by atoms with Crippen LogP contribution in [-0.4, -0.2) is 57.0 Å². The molecule has 15 heavy (non-hydrogen) atoms. The number of piperidine rings is 1. The van der Waals surface area contributed by atoms with Crippen molar-refractivity contribution in [3.8, 4) is 0 Å². The summed E-state index contributed by atoms with van der Waals surface area (Å²) < 4.78 is 10.9. The highest BCUT2D eigenvalue weighted by Crippen LogP contribution is 2.13. The van der Waals surface area contributed by atoms with Crippen molar-refractivity contribution in [3.63, 3.8) is 0 Å². The van der Waals surface area contributed by atoms with E-state index in [-0.39, 0.29) is 6.10 Å². The van der Waals surface area contributed by atoms with E-state index in [1.165, 1.54) is 12.8 Å². The molecule has 0 aromatic carbocycles. The molecule has 2 atom stereocenters. The molecule has 0 aromatic heterocycles. The van der Waals surface area contributed by atoms with Gasteiger partial charge in [-0.25, -0.2) is 0 Å². The Morgan fingerprint density at radius 3 is 2.93 bits per heavy atom. The minimum atomic E-state index is 0.172. The number of hydrogen-bond acceptors (Lipinski definition) is 4. The lowest BCUT2D eigenvalue weighted by Crippen LogP contribution is -2.45. The van der Waals surface area contributed by atoms with Gasteiger partial charge in [0.2, 0.25) is 0 Å². The second-order valence-corrected chi connectivity index (χ2v) is 4.07. The van der Waals surface area contributed by atoms with Gasteiger partial charge >= 0.3 is 0 Å². The second-order valence-electron chi connectivity index (χ2n) is 4.07. The Hall–Kier alpha value is -0.160. The molecule has 1 saturated heterocycles. The van der Waals surface area contributed by atoms with Gasteiger partial charge in [0.15, 0.2) is 0 Å². The van der Waals surface area contributed by atoms with Gasteiger partial charge in [-0.05, 0) is 26.3 Å². The normalized spacial score (nSPS) is 25.4. The molecule has 1 rings (SSSR count). The fourth-order valence-electron chi connectivity index (χ4n) is 2.09. The van der Waals surface area contributed by atoms with Gasteiger partial charge in [-0.15, -0.1) is 0 Å². The molecule has 1 heterocycles. The summed E-state index contributed by atoms with van der Waals surface area (Å²) in [5.74, 6) is 0. The molecular formula is C11H24N2O2. The lowest BCUT2D eigenvalue weighted by atomic mass is 10.1. The summed E-state index contributed by atoms with van der Waals surface area (Å²) in [4.78, 5) is 2.39. The van der Waals surface area contributed by atoms with Crippen LogP contribution in [0.25, 0.3) is 0 Å². The van der Waals surface area contributed by atoms with Crippen molar-refractivity contribution in [3.05, 3.63) is 0 Å². The Labute approximate surface area is 92.7 Å². The van der Waals surface area contributed by atoms with E-state index in [2.05, 4.69) is 4.90 Å². The van der Waals surface area contributed by atoms with Crippen LogP contribution in [0.1, 0.15) is 19.8 Å². The largest absolute Gasteiger partial charge is 0.380 e. The van der Waals surface area contributed by atoms with E-state index in [0.29, 0.717) is 12.6 Å². The van der Waals surface area contributed by atoms with Crippen molar-refractivity contribution in [1.29, 1.82) is 0 Å². The third kappa shape index (κ3) is 4.47. The Morgan fingerprint density at radius 2 is 2.33 bits per heavy atom. The van der Waals surface area contributed by atoms with Gasteiger partial charge in [0.1, 0.15) is 0 Å². The van der Waals surface area contributed by atoms with Gasteiger partial charge in [-0.3, -0.25) is 4.90 Å². The zero-order chi connectivity index (χ0) is 11.1. The summed E-state index contributed by atoms with van der Waals surface area (Å²) >= 11 is 0. The topological polar surface area (TPSA) is 47.7 Å². The van der Waals surface area contributed by atoms with E-state index in [4.69, 9.17) is 15.2 Å². The van der Waals surface area contributed by atoms with Crippen molar-refractivity contribution in [1.82, 2.24) is 4.90 Å². The minimum Gasteiger partial charge on any atom is -0.380 e. The molecule has 0 spiro atoms. The summed E-state index contributed by atoms with van der Waals surface area (Å²) in [7, 11) is 1.79. The van der Waals surface area contributed by atoms with Crippen molar-refractivity contribution in [2.45, 2.75) is 32.0 Å². The van der Waals surface area contributed by atoms with Crippen LogP contribution in [0, 0.1) is 0 Å². The van der Waals surface area contributed by atoms with Gasteiger partial charge in [0.05, 0.1) is 12.2 Å².